The molecule has 0 aliphatic rings. The zero-order valence-electron chi connectivity index (χ0n) is 14.0. The third kappa shape index (κ3) is 3.85. The van der Waals surface area contributed by atoms with Gasteiger partial charge in [-0.05, 0) is 19.4 Å². The number of nitro groups is 1. The third-order valence-electron chi connectivity index (χ3n) is 3.64. The Morgan fingerprint density at radius 1 is 1.24 bits per heavy atom. The van der Waals surface area contributed by atoms with Gasteiger partial charge >= 0.3 is 0 Å². The average Bonchev–Trinajstić information content (AvgIpc) is 3.10. The Labute approximate surface area is 145 Å². The van der Waals surface area contributed by atoms with E-state index in [2.05, 4.69) is 4.98 Å². The molecular formula is C19H18N2O4. The molecule has 1 heterocycles. The van der Waals surface area contributed by atoms with Gasteiger partial charge in [-0.1, -0.05) is 30.3 Å². The lowest BCUT2D eigenvalue weighted by Crippen LogP contribution is -2.09. The zero-order chi connectivity index (χ0) is 17.8. The van der Waals surface area contributed by atoms with Crippen LogP contribution in [0.1, 0.15) is 25.0 Å². The Bertz CT molecular complexity index is 859. The van der Waals surface area contributed by atoms with Gasteiger partial charge in [-0.3, -0.25) is 10.1 Å². The maximum absolute atomic E-state index is 11.6. The lowest BCUT2D eigenvalue weighted by Gasteiger charge is -2.15. The van der Waals surface area contributed by atoms with Gasteiger partial charge in [-0.2, -0.15) is 0 Å². The first-order valence-corrected chi connectivity index (χ1v) is 7.96. The number of aromatic nitrogens is 1. The predicted octanol–water partition coefficient (Wildman–Crippen LogP) is 4.63. The maximum atomic E-state index is 11.6. The summed E-state index contributed by atoms with van der Waals surface area (Å²) in [4.78, 5) is 15.2. The van der Waals surface area contributed by atoms with Gasteiger partial charge < -0.3 is 9.15 Å². The first-order chi connectivity index (χ1) is 12.0. The van der Waals surface area contributed by atoms with E-state index in [-0.39, 0.29) is 17.7 Å². The van der Waals surface area contributed by atoms with Crippen molar-refractivity contribution in [3.63, 3.8) is 0 Å². The van der Waals surface area contributed by atoms with Crippen LogP contribution in [0.2, 0.25) is 0 Å². The zero-order valence-corrected chi connectivity index (χ0v) is 14.0. The second-order valence-corrected chi connectivity index (χ2v) is 5.90. The number of rotatable bonds is 6. The number of nitrogens with zero attached hydrogens (tertiary/aromatic N) is 2. The van der Waals surface area contributed by atoms with Crippen LogP contribution in [0.5, 0.6) is 5.75 Å². The minimum absolute atomic E-state index is 0.0514. The van der Waals surface area contributed by atoms with E-state index in [9.17, 15) is 10.1 Å². The van der Waals surface area contributed by atoms with Crippen LogP contribution in [0.3, 0.4) is 0 Å². The van der Waals surface area contributed by atoms with Crippen LogP contribution in [-0.4, -0.2) is 16.0 Å². The van der Waals surface area contributed by atoms with Crippen LogP contribution in [0, 0.1) is 10.1 Å². The van der Waals surface area contributed by atoms with Crippen LogP contribution in [-0.2, 0) is 6.42 Å². The van der Waals surface area contributed by atoms with Crippen molar-refractivity contribution in [1.82, 2.24) is 4.98 Å². The van der Waals surface area contributed by atoms with Gasteiger partial charge in [0.15, 0.2) is 0 Å². The summed E-state index contributed by atoms with van der Waals surface area (Å²) in [6.45, 7) is 3.83. The van der Waals surface area contributed by atoms with E-state index in [0.29, 0.717) is 17.7 Å². The summed E-state index contributed by atoms with van der Waals surface area (Å²) in [5.41, 5.74) is 2.06. The topological polar surface area (TPSA) is 78.4 Å². The standard InChI is InChI=1S/C19H18N2O4/c1-13(2)25-18-12-16(19-20-8-9-24-19)17(21(22)23)11-15(18)10-14-6-4-3-5-7-14/h3-9,11-13H,10H2,1-2H3. The van der Waals surface area contributed by atoms with Crippen molar-refractivity contribution >= 4 is 5.69 Å². The lowest BCUT2D eigenvalue weighted by atomic mass is 10.0. The van der Waals surface area contributed by atoms with Crippen LogP contribution in [0.15, 0.2) is 59.3 Å². The Balaban J connectivity index is 2.12. The molecule has 6 nitrogen and oxygen atoms in total. The van der Waals surface area contributed by atoms with Crippen LogP contribution in [0.25, 0.3) is 11.5 Å². The highest BCUT2D eigenvalue weighted by Gasteiger charge is 2.23. The van der Waals surface area contributed by atoms with Gasteiger partial charge in [-0.15, -0.1) is 0 Å². The molecule has 0 amide bonds. The smallest absolute Gasteiger partial charge is 0.282 e. The third-order valence-corrected chi connectivity index (χ3v) is 3.64. The summed E-state index contributed by atoms with van der Waals surface area (Å²) in [5.74, 6) is 0.796. The molecule has 128 valence electrons. The molecule has 3 rings (SSSR count). The maximum Gasteiger partial charge on any atom is 0.282 e. The van der Waals surface area contributed by atoms with E-state index in [1.807, 2.05) is 44.2 Å². The molecule has 0 radical (unpaired) electrons. The van der Waals surface area contributed by atoms with Gasteiger partial charge in [0.2, 0.25) is 5.89 Å². The summed E-state index contributed by atoms with van der Waals surface area (Å²) in [6.07, 6.45) is 3.32. The molecular weight excluding hydrogens is 320 g/mol. The number of hydrogen-bond donors (Lipinski definition) is 0. The molecule has 1 aromatic heterocycles. The molecule has 0 fully saturated rings. The first-order valence-electron chi connectivity index (χ1n) is 7.96. The van der Waals surface area contributed by atoms with Gasteiger partial charge in [0.05, 0.1) is 17.2 Å². The SMILES string of the molecule is CC(C)Oc1cc(-c2ncco2)c([N+](=O)[O-])cc1Cc1ccccc1. The van der Waals surface area contributed by atoms with Crippen molar-refractivity contribution in [3.05, 3.63) is 76.2 Å². The molecule has 0 saturated carbocycles. The Morgan fingerprint density at radius 3 is 2.60 bits per heavy atom. The van der Waals surface area contributed by atoms with Gasteiger partial charge in [0, 0.05) is 24.1 Å². The van der Waals surface area contributed by atoms with E-state index >= 15 is 0 Å². The van der Waals surface area contributed by atoms with Crippen molar-refractivity contribution in [3.8, 4) is 17.2 Å². The highest BCUT2D eigenvalue weighted by atomic mass is 16.6. The van der Waals surface area contributed by atoms with Crippen molar-refractivity contribution in [2.24, 2.45) is 0 Å². The van der Waals surface area contributed by atoms with Crippen molar-refractivity contribution in [2.75, 3.05) is 0 Å². The summed E-state index contributed by atoms with van der Waals surface area (Å²) >= 11 is 0. The minimum atomic E-state index is -0.423. The Kier molecular flexibility index (Phi) is 4.79. The van der Waals surface area contributed by atoms with Gasteiger partial charge in [0.1, 0.15) is 17.6 Å². The molecule has 3 aromatic rings. The fourth-order valence-corrected chi connectivity index (χ4v) is 2.61. The number of oxazole rings is 1. The molecule has 0 N–H and O–H groups in total. The van der Waals surface area contributed by atoms with E-state index in [0.717, 1.165) is 11.1 Å². The molecule has 2 aromatic carbocycles. The van der Waals surface area contributed by atoms with Crippen molar-refractivity contribution in [1.29, 1.82) is 0 Å². The summed E-state index contributed by atoms with van der Waals surface area (Å²) in [6, 6.07) is 13.0. The second-order valence-electron chi connectivity index (χ2n) is 5.90. The van der Waals surface area contributed by atoms with Crippen LogP contribution >= 0.6 is 0 Å². The second kappa shape index (κ2) is 7.17. The molecule has 6 heteroatoms. The molecule has 0 aliphatic carbocycles. The van der Waals surface area contributed by atoms with E-state index in [4.69, 9.17) is 9.15 Å². The molecule has 0 atom stereocenters. The fourth-order valence-electron chi connectivity index (χ4n) is 2.61. The number of nitro benzene ring substituents is 1. The largest absolute Gasteiger partial charge is 0.491 e. The minimum Gasteiger partial charge on any atom is -0.491 e. The average molecular weight is 338 g/mol. The van der Waals surface area contributed by atoms with Crippen LogP contribution < -0.4 is 4.74 Å². The van der Waals surface area contributed by atoms with Gasteiger partial charge in [0.25, 0.3) is 5.69 Å². The molecule has 0 spiro atoms. The molecule has 0 unspecified atom stereocenters. The monoisotopic (exact) mass is 338 g/mol. The fraction of sp³-hybridized carbons (Fsp3) is 0.211. The van der Waals surface area contributed by atoms with E-state index < -0.39 is 4.92 Å². The summed E-state index contributed by atoms with van der Waals surface area (Å²) in [7, 11) is 0. The number of hydrogen-bond acceptors (Lipinski definition) is 5. The number of ether oxygens (including phenoxy) is 1. The molecule has 25 heavy (non-hydrogen) atoms. The highest BCUT2D eigenvalue weighted by molar-refractivity contribution is 5.70. The Hall–Kier alpha value is -3.15. The summed E-state index contributed by atoms with van der Waals surface area (Å²) in [5, 5.41) is 11.6. The van der Waals surface area contributed by atoms with Crippen LogP contribution in [0.4, 0.5) is 5.69 Å². The number of benzene rings is 2. The van der Waals surface area contributed by atoms with Crippen molar-refractivity contribution < 1.29 is 14.1 Å². The molecule has 0 saturated heterocycles. The predicted molar refractivity (Wildman–Crippen MR) is 93.6 cm³/mol. The Morgan fingerprint density at radius 2 is 2.00 bits per heavy atom. The molecule has 0 bridgehead atoms. The van der Waals surface area contributed by atoms with Crippen molar-refractivity contribution in [2.45, 2.75) is 26.4 Å². The van der Waals surface area contributed by atoms with E-state index in [1.165, 1.54) is 12.5 Å². The van der Waals surface area contributed by atoms with E-state index in [1.54, 1.807) is 12.1 Å². The highest BCUT2D eigenvalue weighted by Crippen LogP contribution is 2.36. The normalized spacial score (nSPS) is 10.8. The van der Waals surface area contributed by atoms with Gasteiger partial charge in [-0.25, -0.2) is 4.98 Å². The molecule has 0 aliphatic heterocycles. The summed E-state index contributed by atoms with van der Waals surface area (Å²) < 4.78 is 11.2. The first kappa shape index (κ1) is 16.7. The quantitative estimate of drug-likeness (QED) is 0.484. The lowest BCUT2D eigenvalue weighted by molar-refractivity contribution is -0.384.